The summed E-state index contributed by atoms with van der Waals surface area (Å²) in [7, 11) is 2.83. The molecule has 0 unspecified atom stereocenters. The number of rotatable bonds is 3. The van der Waals surface area contributed by atoms with Gasteiger partial charge in [0.25, 0.3) is 11.5 Å². The minimum atomic E-state index is -0.613. The number of nitriles is 1. The van der Waals surface area contributed by atoms with Crippen LogP contribution in [0.5, 0.6) is 0 Å². The molecule has 0 aliphatic heterocycles. The van der Waals surface area contributed by atoms with E-state index in [0.29, 0.717) is 5.69 Å². The van der Waals surface area contributed by atoms with Crippen molar-refractivity contribution in [2.45, 2.75) is 20.8 Å². The summed E-state index contributed by atoms with van der Waals surface area (Å²) in [6.07, 6.45) is 2.49. The van der Waals surface area contributed by atoms with Crippen LogP contribution in [0.3, 0.4) is 0 Å². The average molecular weight is 352 g/mol. The van der Waals surface area contributed by atoms with Gasteiger partial charge in [0.05, 0.1) is 5.56 Å². The Labute approximate surface area is 150 Å². The van der Waals surface area contributed by atoms with Crippen molar-refractivity contribution >= 4 is 17.7 Å². The van der Waals surface area contributed by atoms with E-state index in [1.165, 1.54) is 30.9 Å². The number of nitrogens with one attached hydrogen (secondary N) is 1. The Hall–Kier alpha value is -3.40. The van der Waals surface area contributed by atoms with Gasteiger partial charge in [-0.3, -0.25) is 14.2 Å². The van der Waals surface area contributed by atoms with Crippen LogP contribution in [0.2, 0.25) is 0 Å². The van der Waals surface area contributed by atoms with Crippen LogP contribution < -0.4 is 16.6 Å². The molecule has 1 aromatic carbocycles. The first kappa shape index (κ1) is 18.9. The lowest BCUT2D eigenvalue weighted by molar-refractivity contribution is -0.112. The molecule has 0 saturated heterocycles. The van der Waals surface area contributed by atoms with E-state index in [1.807, 2.05) is 39.0 Å². The zero-order chi connectivity index (χ0) is 19.6. The molecule has 7 nitrogen and oxygen atoms in total. The molecule has 0 saturated carbocycles. The summed E-state index contributed by atoms with van der Waals surface area (Å²) in [5.74, 6) is -0.613. The molecular weight excluding hydrogens is 332 g/mol. The first-order valence-corrected chi connectivity index (χ1v) is 7.93. The highest BCUT2D eigenvalue weighted by atomic mass is 16.2. The molecule has 0 aliphatic rings. The molecule has 0 aliphatic carbocycles. The Morgan fingerprint density at radius 3 is 2.27 bits per heavy atom. The summed E-state index contributed by atoms with van der Waals surface area (Å²) in [5, 5.41) is 12.1. The molecule has 1 heterocycles. The smallest absolute Gasteiger partial charge is 0.321 e. The van der Waals surface area contributed by atoms with E-state index < -0.39 is 17.2 Å². The predicted molar refractivity (Wildman–Crippen MR) is 99.8 cm³/mol. The molecule has 0 atom stereocenters. The van der Waals surface area contributed by atoms with Crippen LogP contribution in [0, 0.1) is 32.1 Å². The number of carbonyl (C=O) groups excluding carboxylic acids is 1. The number of anilines is 1. The van der Waals surface area contributed by atoms with E-state index in [-0.39, 0.29) is 11.1 Å². The van der Waals surface area contributed by atoms with Gasteiger partial charge in [-0.05, 0) is 38.0 Å². The Kier molecular flexibility index (Phi) is 5.27. The molecule has 7 heteroatoms. The van der Waals surface area contributed by atoms with Crippen molar-refractivity contribution in [1.82, 2.24) is 9.13 Å². The third-order valence-corrected chi connectivity index (χ3v) is 4.05. The topological polar surface area (TPSA) is 96.9 Å². The van der Waals surface area contributed by atoms with E-state index in [4.69, 9.17) is 0 Å². The summed E-state index contributed by atoms with van der Waals surface area (Å²) in [6.45, 7) is 5.70. The highest BCUT2D eigenvalue weighted by Crippen LogP contribution is 2.22. The number of aromatic nitrogens is 2. The monoisotopic (exact) mass is 352 g/mol. The third kappa shape index (κ3) is 3.64. The molecule has 0 radical (unpaired) electrons. The first-order valence-electron chi connectivity index (χ1n) is 7.93. The number of benzene rings is 1. The third-order valence-electron chi connectivity index (χ3n) is 4.05. The summed E-state index contributed by atoms with van der Waals surface area (Å²) >= 11 is 0. The summed E-state index contributed by atoms with van der Waals surface area (Å²) in [4.78, 5) is 36.4. The lowest BCUT2D eigenvalue weighted by atomic mass is 10.0. The highest BCUT2D eigenvalue weighted by Gasteiger charge is 2.14. The second kappa shape index (κ2) is 7.23. The van der Waals surface area contributed by atoms with Crippen molar-refractivity contribution in [3.63, 3.8) is 0 Å². The quantitative estimate of drug-likeness (QED) is 0.669. The Balaban J connectivity index is 2.46. The zero-order valence-corrected chi connectivity index (χ0v) is 15.4. The van der Waals surface area contributed by atoms with Gasteiger partial charge < -0.3 is 9.88 Å². The maximum Gasteiger partial charge on any atom is 0.330 e. The second-order valence-corrected chi connectivity index (χ2v) is 6.24. The molecule has 0 bridgehead atoms. The van der Waals surface area contributed by atoms with E-state index in [1.54, 1.807) is 0 Å². The zero-order valence-electron chi connectivity index (χ0n) is 15.4. The summed E-state index contributed by atoms with van der Waals surface area (Å²) in [6, 6.07) is 5.68. The lowest BCUT2D eigenvalue weighted by Gasteiger charge is -2.12. The Bertz CT molecular complexity index is 1060. The molecule has 2 rings (SSSR count). The Morgan fingerprint density at radius 1 is 1.15 bits per heavy atom. The van der Waals surface area contributed by atoms with Crippen molar-refractivity contribution in [1.29, 1.82) is 5.26 Å². The summed E-state index contributed by atoms with van der Waals surface area (Å²) in [5.41, 5.74) is 2.27. The van der Waals surface area contributed by atoms with Crippen molar-refractivity contribution in [3.05, 3.63) is 67.0 Å². The van der Waals surface area contributed by atoms with Crippen LogP contribution in [0.1, 0.15) is 22.3 Å². The normalized spacial score (nSPS) is 11.2. The largest absolute Gasteiger partial charge is 0.330 e. The van der Waals surface area contributed by atoms with Crippen molar-refractivity contribution in [2.75, 3.05) is 5.32 Å². The van der Waals surface area contributed by atoms with Gasteiger partial charge in [0, 0.05) is 26.0 Å². The van der Waals surface area contributed by atoms with E-state index >= 15 is 0 Å². The molecule has 0 spiro atoms. The molecular formula is C19H20N4O3. The second-order valence-electron chi connectivity index (χ2n) is 6.24. The fourth-order valence-electron chi connectivity index (χ4n) is 2.80. The standard InChI is InChI=1S/C19H20N4O3/c1-11-6-12(2)16(13(3)7-11)21-17(24)14(9-20)8-15-10-22(4)19(26)23(5)18(15)25/h6-8,10H,1-5H3,(H,21,24)/b14-8+. The number of aryl methyl sites for hydroxylation is 4. The molecule has 0 fully saturated rings. The number of carbonyl (C=O) groups is 1. The van der Waals surface area contributed by atoms with Crippen molar-refractivity contribution < 1.29 is 4.79 Å². The van der Waals surface area contributed by atoms with E-state index in [9.17, 15) is 19.6 Å². The van der Waals surface area contributed by atoms with Gasteiger partial charge in [-0.15, -0.1) is 0 Å². The van der Waals surface area contributed by atoms with Crippen molar-refractivity contribution in [2.24, 2.45) is 14.1 Å². The van der Waals surface area contributed by atoms with Crippen molar-refractivity contribution in [3.8, 4) is 6.07 Å². The number of amides is 1. The number of hydrogen-bond donors (Lipinski definition) is 1. The van der Waals surface area contributed by atoms with Gasteiger partial charge in [-0.2, -0.15) is 5.26 Å². The first-order chi connectivity index (χ1) is 12.1. The molecule has 134 valence electrons. The fraction of sp³-hybridized carbons (Fsp3) is 0.263. The van der Waals surface area contributed by atoms with Gasteiger partial charge >= 0.3 is 5.69 Å². The number of hydrogen-bond acceptors (Lipinski definition) is 4. The summed E-state index contributed by atoms with van der Waals surface area (Å²) < 4.78 is 2.14. The Morgan fingerprint density at radius 2 is 1.73 bits per heavy atom. The minimum absolute atomic E-state index is 0.0821. The van der Waals surface area contributed by atoms with Crippen LogP contribution >= 0.6 is 0 Å². The molecule has 26 heavy (non-hydrogen) atoms. The van der Waals surface area contributed by atoms with Crippen LogP contribution in [-0.2, 0) is 18.9 Å². The maximum absolute atomic E-state index is 12.5. The van der Waals surface area contributed by atoms with Crippen LogP contribution in [0.25, 0.3) is 6.08 Å². The van der Waals surface area contributed by atoms with Gasteiger partial charge in [0.2, 0.25) is 0 Å². The average Bonchev–Trinajstić information content (AvgIpc) is 2.57. The van der Waals surface area contributed by atoms with Gasteiger partial charge in [-0.1, -0.05) is 17.7 Å². The van der Waals surface area contributed by atoms with E-state index in [0.717, 1.165) is 21.3 Å². The number of nitrogens with zero attached hydrogens (tertiary/aromatic N) is 3. The van der Waals surface area contributed by atoms with Gasteiger partial charge in [0.15, 0.2) is 0 Å². The molecule has 1 aromatic heterocycles. The molecule has 2 aromatic rings. The van der Waals surface area contributed by atoms with Gasteiger partial charge in [-0.25, -0.2) is 4.79 Å². The van der Waals surface area contributed by atoms with E-state index in [2.05, 4.69) is 5.32 Å². The molecule has 1 amide bonds. The van der Waals surface area contributed by atoms with Crippen LogP contribution in [-0.4, -0.2) is 15.0 Å². The van der Waals surface area contributed by atoms with Crippen LogP contribution in [0.15, 0.2) is 33.5 Å². The predicted octanol–water partition coefficient (Wildman–Crippen LogP) is 1.55. The maximum atomic E-state index is 12.5. The lowest BCUT2D eigenvalue weighted by Crippen LogP contribution is -2.37. The fourth-order valence-corrected chi connectivity index (χ4v) is 2.80. The molecule has 1 N–H and O–H groups in total. The van der Waals surface area contributed by atoms with Crippen LogP contribution in [0.4, 0.5) is 5.69 Å². The van der Waals surface area contributed by atoms with Gasteiger partial charge in [0.1, 0.15) is 11.6 Å². The SMILES string of the molecule is Cc1cc(C)c(NC(=O)/C(C#N)=C/c2cn(C)c(=O)n(C)c2=O)c(C)c1. The highest BCUT2D eigenvalue weighted by molar-refractivity contribution is 6.10. The minimum Gasteiger partial charge on any atom is -0.321 e.